The van der Waals surface area contributed by atoms with Crippen molar-refractivity contribution in [2.45, 2.75) is 0 Å². The van der Waals surface area contributed by atoms with E-state index in [9.17, 15) is 0 Å². The van der Waals surface area contributed by atoms with E-state index in [4.69, 9.17) is 15.0 Å². The second-order valence-corrected chi connectivity index (χ2v) is 17.2. The number of rotatable bonds is 7. The van der Waals surface area contributed by atoms with E-state index in [0.717, 1.165) is 72.2 Å². The number of nitrogens with zero attached hydrogens (tertiary/aromatic N) is 4. The molecule has 4 nitrogen and oxygen atoms in total. The van der Waals surface area contributed by atoms with Gasteiger partial charge >= 0.3 is 0 Å². The second kappa shape index (κ2) is 15.9. The van der Waals surface area contributed by atoms with Gasteiger partial charge in [-0.15, -0.1) is 0 Å². The highest BCUT2D eigenvalue weighted by Crippen LogP contribution is 2.45. The third kappa shape index (κ3) is 6.74. The van der Waals surface area contributed by atoms with Gasteiger partial charge in [0.2, 0.25) is 0 Å². The molecule has 0 aliphatic carbocycles. The maximum absolute atomic E-state index is 5.42. The van der Waals surface area contributed by atoms with Crippen LogP contribution in [0.25, 0.3) is 127 Å². The normalized spacial score (nSPS) is 11.6. The molecule has 0 fully saturated rings. The molecule has 0 atom stereocenters. The van der Waals surface area contributed by atoms with Crippen LogP contribution in [0, 0.1) is 0 Å². The molecule has 0 N–H and O–H groups in total. The Morgan fingerprint density at radius 3 is 1.55 bits per heavy atom. The van der Waals surface area contributed by atoms with Gasteiger partial charge in [0.1, 0.15) is 0 Å². The van der Waals surface area contributed by atoms with Crippen molar-refractivity contribution in [1.82, 2.24) is 19.5 Å². The van der Waals surface area contributed by atoms with Crippen LogP contribution in [-0.4, -0.2) is 19.5 Å². The van der Waals surface area contributed by atoms with Crippen molar-refractivity contribution < 1.29 is 0 Å². The highest BCUT2D eigenvalue weighted by atomic mass is 15.0. The largest absolute Gasteiger partial charge is 0.309 e. The molecule has 0 bridgehead atoms. The lowest BCUT2D eigenvalue weighted by molar-refractivity contribution is 1.07. The van der Waals surface area contributed by atoms with E-state index < -0.39 is 0 Å². The predicted octanol–water partition coefficient (Wildman–Crippen LogP) is 16.4. The van der Waals surface area contributed by atoms with E-state index in [0.29, 0.717) is 17.5 Å². The molecule has 13 aromatic rings. The molecule has 2 heterocycles. The number of benzene rings is 11. The Balaban J connectivity index is 1.16. The van der Waals surface area contributed by atoms with Crippen molar-refractivity contribution in [2.24, 2.45) is 0 Å². The Labute approximate surface area is 387 Å². The first-order valence-corrected chi connectivity index (χ1v) is 22.8. The minimum absolute atomic E-state index is 0.599. The summed E-state index contributed by atoms with van der Waals surface area (Å²) < 4.78 is 2.49. The molecular weight excluding hydrogens is 813 g/mol. The summed E-state index contributed by atoms with van der Waals surface area (Å²) in [5, 5.41) is 9.59. The summed E-state index contributed by atoms with van der Waals surface area (Å²) in [6, 6.07) is 86.8. The molecule has 0 aliphatic rings. The van der Waals surface area contributed by atoms with Crippen LogP contribution in [0.2, 0.25) is 0 Å². The van der Waals surface area contributed by atoms with Gasteiger partial charge in [0.25, 0.3) is 0 Å². The molecule has 0 unspecified atom stereocenters. The quantitative estimate of drug-likeness (QED) is 0.160. The molecule has 0 aliphatic heterocycles. The maximum atomic E-state index is 5.42. The van der Waals surface area contributed by atoms with Gasteiger partial charge in [-0.1, -0.05) is 200 Å². The smallest absolute Gasteiger partial charge is 0.164 e. The van der Waals surface area contributed by atoms with Crippen LogP contribution in [-0.2, 0) is 0 Å². The lowest BCUT2D eigenvalue weighted by Gasteiger charge is -2.20. The van der Waals surface area contributed by atoms with Crippen LogP contribution in [0.1, 0.15) is 0 Å². The molecule has 67 heavy (non-hydrogen) atoms. The first-order chi connectivity index (χ1) is 33.2. The van der Waals surface area contributed by atoms with Crippen LogP contribution in [0.5, 0.6) is 0 Å². The summed E-state index contributed by atoms with van der Waals surface area (Å²) in [6.45, 7) is 0. The van der Waals surface area contributed by atoms with E-state index >= 15 is 0 Å². The maximum Gasteiger partial charge on any atom is 0.164 e. The van der Waals surface area contributed by atoms with Crippen LogP contribution in [0.15, 0.2) is 243 Å². The van der Waals surface area contributed by atoms with Crippen molar-refractivity contribution in [3.63, 3.8) is 0 Å². The summed E-state index contributed by atoms with van der Waals surface area (Å²) in [6.07, 6.45) is 0. The Hall–Kier alpha value is -8.99. The minimum Gasteiger partial charge on any atom is -0.309 e. The Bertz CT molecular complexity index is 4030. The fourth-order valence-electron chi connectivity index (χ4n) is 9.95. The molecule has 0 saturated heterocycles. The molecular formula is C63H40N4. The number of hydrogen-bond acceptors (Lipinski definition) is 3. The van der Waals surface area contributed by atoms with Gasteiger partial charge in [-0.3, -0.25) is 0 Å². The Kier molecular flexibility index (Phi) is 9.14. The second-order valence-electron chi connectivity index (χ2n) is 17.2. The van der Waals surface area contributed by atoms with E-state index in [1.165, 1.54) is 37.7 Å². The average molecular weight is 853 g/mol. The SMILES string of the molecule is c1ccc(-c2cccc(-c3cc(-c4nc(-c5ccccc5)nc(-c5ccc6ccccc6c5)n4)c(-c4ccccc4)cc3-n3c4cc5ccccc5cc4c4c5ccccc5ccc43)c2)cc1. The van der Waals surface area contributed by atoms with Crippen LogP contribution in [0.3, 0.4) is 0 Å². The summed E-state index contributed by atoms with van der Waals surface area (Å²) in [5.74, 6) is 1.83. The third-order valence-corrected chi connectivity index (χ3v) is 13.2. The van der Waals surface area contributed by atoms with Gasteiger partial charge in [0.15, 0.2) is 17.5 Å². The lowest BCUT2D eigenvalue weighted by atomic mass is 9.91. The van der Waals surface area contributed by atoms with Gasteiger partial charge in [-0.05, 0) is 103 Å². The Morgan fingerprint density at radius 1 is 0.254 bits per heavy atom. The predicted molar refractivity (Wildman–Crippen MR) is 279 cm³/mol. The van der Waals surface area contributed by atoms with E-state index in [1.54, 1.807) is 0 Å². The zero-order chi connectivity index (χ0) is 44.3. The van der Waals surface area contributed by atoms with Crippen LogP contribution in [0.4, 0.5) is 0 Å². The van der Waals surface area contributed by atoms with Gasteiger partial charge in [0, 0.05) is 33.0 Å². The van der Waals surface area contributed by atoms with Crippen molar-refractivity contribution in [3.05, 3.63) is 243 Å². The summed E-state index contributed by atoms with van der Waals surface area (Å²) in [5.41, 5.74) is 12.6. The number of aromatic nitrogens is 4. The van der Waals surface area contributed by atoms with Crippen molar-refractivity contribution in [3.8, 4) is 73.2 Å². The topological polar surface area (TPSA) is 43.6 Å². The monoisotopic (exact) mass is 852 g/mol. The van der Waals surface area contributed by atoms with Crippen LogP contribution < -0.4 is 0 Å². The standard InChI is InChI=1S/C63H40N4/c1-4-17-41(18-5-1)47-28-16-29-50(35-47)54-39-55(63-65-61(45-23-8-3-9-24-45)64-62(66-63)51-32-31-42-19-10-11-25-46(42)36-51)53(43-20-6-2-7-21-43)40-59(54)67-57-34-33-44-22-14-15-30-52(44)60(57)56-37-48-26-12-13-27-49(48)38-58(56)67/h1-40H. The van der Waals surface area contributed by atoms with Gasteiger partial charge in [-0.2, -0.15) is 0 Å². The van der Waals surface area contributed by atoms with Crippen molar-refractivity contribution in [2.75, 3.05) is 0 Å². The van der Waals surface area contributed by atoms with Gasteiger partial charge in [0.05, 0.1) is 16.7 Å². The number of hydrogen-bond donors (Lipinski definition) is 0. The summed E-state index contributed by atoms with van der Waals surface area (Å²) in [4.78, 5) is 16.0. The number of fused-ring (bicyclic) bond motifs is 7. The molecule has 312 valence electrons. The van der Waals surface area contributed by atoms with E-state index in [1.807, 2.05) is 18.2 Å². The molecule has 11 aromatic carbocycles. The van der Waals surface area contributed by atoms with E-state index in [-0.39, 0.29) is 0 Å². The Morgan fingerprint density at radius 2 is 0.806 bits per heavy atom. The van der Waals surface area contributed by atoms with Crippen molar-refractivity contribution in [1.29, 1.82) is 0 Å². The molecule has 2 aromatic heterocycles. The first kappa shape index (κ1) is 38.5. The molecule has 4 heteroatoms. The minimum atomic E-state index is 0.599. The summed E-state index contributed by atoms with van der Waals surface area (Å²) >= 11 is 0. The fourth-order valence-corrected chi connectivity index (χ4v) is 9.95. The first-order valence-electron chi connectivity index (χ1n) is 22.8. The molecule has 0 saturated carbocycles. The third-order valence-electron chi connectivity index (χ3n) is 13.2. The molecule has 13 rings (SSSR count). The summed E-state index contributed by atoms with van der Waals surface area (Å²) in [7, 11) is 0. The average Bonchev–Trinajstić information content (AvgIpc) is 3.73. The molecule has 0 amide bonds. The highest BCUT2D eigenvalue weighted by Gasteiger charge is 2.24. The molecule has 0 spiro atoms. The zero-order valence-electron chi connectivity index (χ0n) is 36.4. The zero-order valence-corrected chi connectivity index (χ0v) is 36.4. The van der Waals surface area contributed by atoms with Gasteiger partial charge < -0.3 is 4.57 Å². The lowest BCUT2D eigenvalue weighted by Crippen LogP contribution is -2.04. The highest BCUT2D eigenvalue weighted by molar-refractivity contribution is 6.23. The van der Waals surface area contributed by atoms with Crippen LogP contribution >= 0.6 is 0 Å². The van der Waals surface area contributed by atoms with E-state index in [2.05, 4.69) is 229 Å². The molecule has 0 radical (unpaired) electrons. The fraction of sp³-hybridized carbons (Fsp3) is 0. The van der Waals surface area contributed by atoms with Crippen molar-refractivity contribution >= 4 is 54.1 Å². The van der Waals surface area contributed by atoms with Gasteiger partial charge in [-0.25, -0.2) is 15.0 Å².